The number of primary sulfonamides is 1. The summed E-state index contributed by atoms with van der Waals surface area (Å²) in [7, 11) is -4.03. The SMILES string of the molecule is Cc1nnn(Cc2cc(C(F)(F)F)ccc2CCC(=O)N2CCN(c3ccc(S(N)(=O)=O)cc3F)CC2)n1. The largest absolute Gasteiger partial charge is 0.416 e. The van der Waals surface area contributed by atoms with E-state index in [1.165, 1.54) is 23.0 Å². The van der Waals surface area contributed by atoms with Crippen LogP contribution in [0.4, 0.5) is 23.2 Å². The van der Waals surface area contributed by atoms with Crippen LogP contribution in [0.5, 0.6) is 0 Å². The molecule has 1 aliphatic rings. The van der Waals surface area contributed by atoms with Crippen molar-refractivity contribution in [3.8, 4) is 0 Å². The molecule has 1 saturated heterocycles. The molecule has 15 heteroatoms. The van der Waals surface area contributed by atoms with Gasteiger partial charge in [0.05, 0.1) is 22.7 Å². The third-order valence-electron chi connectivity index (χ3n) is 6.23. The molecule has 0 atom stereocenters. The standard InChI is InChI=1S/C23H25F4N7O3S/c1-15-29-31-34(30-15)14-17-12-18(23(25,26)27)4-2-16(17)3-7-22(35)33-10-8-32(9-11-33)21-6-5-19(13-20(21)24)38(28,36)37/h2,4-6,12-13H,3,7-11,14H2,1H3,(H2,28,36,37). The molecule has 4 rings (SSSR count). The van der Waals surface area contributed by atoms with Crippen molar-refractivity contribution in [1.82, 2.24) is 25.1 Å². The van der Waals surface area contributed by atoms with Crippen LogP contribution in [0, 0.1) is 12.7 Å². The summed E-state index contributed by atoms with van der Waals surface area (Å²) in [6.07, 6.45) is -4.24. The van der Waals surface area contributed by atoms with Gasteiger partial charge in [-0.2, -0.15) is 18.0 Å². The molecule has 2 heterocycles. The van der Waals surface area contributed by atoms with Crippen molar-refractivity contribution < 1.29 is 30.8 Å². The summed E-state index contributed by atoms with van der Waals surface area (Å²) >= 11 is 0. The molecule has 1 fully saturated rings. The number of nitrogens with two attached hydrogens (primary N) is 1. The monoisotopic (exact) mass is 555 g/mol. The van der Waals surface area contributed by atoms with E-state index in [2.05, 4.69) is 15.4 Å². The Bertz CT molecular complexity index is 1440. The van der Waals surface area contributed by atoms with E-state index in [0.717, 1.165) is 18.2 Å². The normalized spacial score (nSPS) is 14.7. The van der Waals surface area contributed by atoms with Gasteiger partial charge in [-0.15, -0.1) is 10.2 Å². The van der Waals surface area contributed by atoms with Crippen LogP contribution < -0.4 is 10.0 Å². The van der Waals surface area contributed by atoms with Crippen LogP contribution in [0.15, 0.2) is 41.3 Å². The number of anilines is 1. The van der Waals surface area contributed by atoms with Crippen LogP contribution in [-0.2, 0) is 34.0 Å². The van der Waals surface area contributed by atoms with E-state index in [4.69, 9.17) is 5.14 Å². The topological polar surface area (TPSA) is 127 Å². The lowest BCUT2D eigenvalue weighted by Crippen LogP contribution is -2.49. The van der Waals surface area contributed by atoms with Gasteiger partial charge in [0.15, 0.2) is 5.82 Å². The number of aromatic nitrogens is 4. The number of aryl methyl sites for hydroxylation is 2. The molecule has 0 spiro atoms. The highest BCUT2D eigenvalue weighted by atomic mass is 32.2. The number of carbonyl (C=O) groups is 1. The molecule has 10 nitrogen and oxygen atoms in total. The van der Waals surface area contributed by atoms with Crippen LogP contribution >= 0.6 is 0 Å². The van der Waals surface area contributed by atoms with Crippen molar-refractivity contribution in [2.75, 3.05) is 31.1 Å². The first-order chi connectivity index (χ1) is 17.8. The molecule has 38 heavy (non-hydrogen) atoms. The zero-order chi connectivity index (χ0) is 27.7. The fraction of sp³-hybridized carbons (Fsp3) is 0.391. The smallest absolute Gasteiger partial charge is 0.366 e. The van der Waals surface area contributed by atoms with E-state index in [9.17, 15) is 30.8 Å². The Morgan fingerprint density at radius 1 is 1.05 bits per heavy atom. The molecule has 2 aromatic carbocycles. The van der Waals surface area contributed by atoms with Crippen LogP contribution in [0.2, 0.25) is 0 Å². The minimum Gasteiger partial charge on any atom is -0.366 e. The summed E-state index contributed by atoms with van der Waals surface area (Å²) in [4.78, 5) is 17.1. The lowest BCUT2D eigenvalue weighted by molar-refractivity contribution is -0.137. The molecule has 1 amide bonds. The molecular formula is C23H25F4N7O3S. The van der Waals surface area contributed by atoms with Gasteiger partial charge in [0.2, 0.25) is 15.9 Å². The molecule has 0 aliphatic carbocycles. The number of amides is 1. The van der Waals surface area contributed by atoms with Gasteiger partial charge in [-0.05, 0) is 60.0 Å². The van der Waals surface area contributed by atoms with Gasteiger partial charge in [-0.25, -0.2) is 17.9 Å². The number of alkyl halides is 3. The van der Waals surface area contributed by atoms with Crippen molar-refractivity contribution in [2.45, 2.75) is 37.4 Å². The van der Waals surface area contributed by atoms with E-state index in [0.29, 0.717) is 43.1 Å². The summed E-state index contributed by atoms with van der Waals surface area (Å²) in [5.74, 6) is -0.536. The Kier molecular flexibility index (Phi) is 7.69. The molecule has 0 bridgehead atoms. The third-order valence-corrected chi connectivity index (χ3v) is 7.14. The van der Waals surface area contributed by atoms with Crippen molar-refractivity contribution in [3.63, 3.8) is 0 Å². The van der Waals surface area contributed by atoms with Gasteiger partial charge in [0.1, 0.15) is 5.82 Å². The Labute approximate surface area is 216 Å². The number of piperazine rings is 1. The summed E-state index contributed by atoms with van der Waals surface area (Å²) in [5, 5.41) is 16.6. The highest BCUT2D eigenvalue weighted by molar-refractivity contribution is 7.89. The quantitative estimate of drug-likeness (QED) is 0.443. The zero-order valence-electron chi connectivity index (χ0n) is 20.3. The Balaban J connectivity index is 1.39. The summed E-state index contributed by atoms with van der Waals surface area (Å²) in [6.45, 7) is 2.83. The highest BCUT2D eigenvalue weighted by Crippen LogP contribution is 2.31. The van der Waals surface area contributed by atoms with Crippen LogP contribution in [0.3, 0.4) is 0 Å². The highest BCUT2D eigenvalue weighted by Gasteiger charge is 2.31. The van der Waals surface area contributed by atoms with Gasteiger partial charge in [-0.3, -0.25) is 4.79 Å². The lowest BCUT2D eigenvalue weighted by Gasteiger charge is -2.36. The molecule has 1 aliphatic heterocycles. The number of hydrogen-bond donors (Lipinski definition) is 1. The molecule has 0 radical (unpaired) electrons. The Morgan fingerprint density at radius 2 is 1.76 bits per heavy atom. The van der Waals surface area contributed by atoms with Crippen LogP contribution in [0.1, 0.15) is 28.9 Å². The average Bonchev–Trinajstić information content (AvgIpc) is 3.26. The second-order valence-electron chi connectivity index (χ2n) is 8.87. The first-order valence-electron chi connectivity index (χ1n) is 11.6. The fourth-order valence-corrected chi connectivity index (χ4v) is 4.78. The zero-order valence-corrected chi connectivity index (χ0v) is 21.1. The molecule has 204 valence electrons. The number of tetrazole rings is 1. The number of sulfonamides is 1. The Hall–Kier alpha value is -3.59. The van der Waals surface area contributed by atoms with Gasteiger partial charge >= 0.3 is 6.18 Å². The van der Waals surface area contributed by atoms with Crippen molar-refractivity contribution in [3.05, 3.63) is 64.7 Å². The number of benzene rings is 2. The minimum atomic E-state index is -4.52. The fourth-order valence-electron chi connectivity index (χ4n) is 4.25. The van der Waals surface area contributed by atoms with E-state index in [-0.39, 0.29) is 35.9 Å². The predicted molar refractivity (Wildman–Crippen MR) is 128 cm³/mol. The third kappa shape index (κ3) is 6.45. The van der Waals surface area contributed by atoms with Crippen molar-refractivity contribution in [2.24, 2.45) is 5.14 Å². The Morgan fingerprint density at radius 3 is 2.34 bits per heavy atom. The summed E-state index contributed by atoms with van der Waals surface area (Å²) in [5.41, 5.74) is 0.306. The van der Waals surface area contributed by atoms with E-state index in [1.807, 2.05) is 0 Å². The number of halogens is 4. The van der Waals surface area contributed by atoms with Crippen LogP contribution in [-0.4, -0.2) is 65.6 Å². The number of hydrogen-bond acceptors (Lipinski definition) is 7. The molecule has 0 saturated carbocycles. The molecular weight excluding hydrogens is 530 g/mol. The number of nitrogens with zero attached hydrogens (tertiary/aromatic N) is 6. The molecule has 2 N–H and O–H groups in total. The minimum absolute atomic E-state index is 0.0250. The van der Waals surface area contributed by atoms with Crippen molar-refractivity contribution >= 4 is 21.6 Å². The van der Waals surface area contributed by atoms with Crippen molar-refractivity contribution in [1.29, 1.82) is 0 Å². The average molecular weight is 556 g/mol. The first kappa shape index (κ1) is 27.4. The van der Waals surface area contributed by atoms with Crippen LogP contribution in [0.25, 0.3) is 0 Å². The number of rotatable bonds is 7. The van der Waals surface area contributed by atoms with Gasteiger partial charge in [0, 0.05) is 32.6 Å². The molecule has 0 unspecified atom stereocenters. The second-order valence-corrected chi connectivity index (χ2v) is 10.4. The molecule has 1 aromatic heterocycles. The van der Waals surface area contributed by atoms with E-state index >= 15 is 0 Å². The molecule has 3 aromatic rings. The summed E-state index contributed by atoms with van der Waals surface area (Å²) in [6, 6.07) is 6.80. The van der Waals surface area contributed by atoms with Gasteiger partial charge < -0.3 is 9.80 Å². The second kappa shape index (κ2) is 10.6. The predicted octanol–water partition coefficient (Wildman–Crippen LogP) is 2.12. The van der Waals surface area contributed by atoms with Gasteiger partial charge in [0.25, 0.3) is 0 Å². The maximum Gasteiger partial charge on any atom is 0.416 e. The number of carbonyl (C=O) groups excluding carboxylic acids is 1. The first-order valence-corrected chi connectivity index (χ1v) is 13.1. The summed E-state index contributed by atoms with van der Waals surface area (Å²) < 4.78 is 77.2. The van der Waals surface area contributed by atoms with E-state index in [1.54, 1.807) is 16.7 Å². The van der Waals surface area contributed by atoms with Gasteiger partial charge in [-0.1, -0.05) is 6.07 Å². The maximum atomic E-state index is 14.5. The maximum absolute atomic E-state index is 14.5. The van der Waals surface area contributed by atoms with E-state index < -0.39 is 27.6 Å². The lowest BCUT2D eigenvalue weighted by atomic mass is 9.99.